The fourth-order valence-electron chi connectivity index (χ4n) is 3.25. The lowest BCUT2D eigenvalue weighted by atomic mass is 10.1. The first-order valence-corrected chi connectivity index (χ1v) is 8.41. The molecule has 3 aromatic rings. The third-order valence-electron chi connectivity index (χ3n) is 4.57. The van der Waals surface area contributed by atoms with Crippen molar-refractivity contribution in [2.75, 3.05) is 17.3 Å². The number of nitrogens with one attached hydrogen (secondary N) is 1. The highest BCUT2D eigenvalue weighted by atomic mass is 16.5. The monoisotopic (exact) mass is 332 g/mol. The molecule has 1 aliphatic heterocycles. The van der Waals surface area contributed by atoms with Crippen molar-refractivity contribution in [1.82, 2.24) is 0 Å². The van der Waals surface area contributed by atoms with Gasteiger partial charge in [0.1, 0.15) is 5.75 Å². The van der Waals surface area contributed by atoms with Crippen molar-refractivity contribution in [2.45, 2.75) is 19.6 Å². The van der Waals surface area contributed by atoms with Crippen molar-refractivity contribution < 1.29 is 9.53 Å². The Morgan fingerprint density at radius 2 is 1.88 bits per heavy atom. The van der Waals surface area contributed by atoms with Gasteiger partial charge in [-0.1, -0.05) is 42.5 Å². The van der Waals surface area contributed by atoms with Crippen molar-refractivity contribution in [2.24, 2.45) is 0 Å². The summed E-state index contributed by atoms with van der Waals surface area (Å²) in [5, 5.41) is 5.37. The number of benzene rings is 3. The summed E-state index contributed by atoms with van der Waals surface area (Å²) in [6, 6.07) is 20.7. The van der Waals surface area contributed by atoms with Crippen LogP contribution >= 0.6 is 0 Å². The summed E-state index contributed by atoms with van der Waals surface area (Å²) < 4.78 is 5.62. The Hall–Kier alpha value is -3.01. The van der Waals surface area contributed by atoms with E-state index in [-0.39, 0.29) is 5.91 Å². The van der Waals surface area contributed by atoms with Crippen LogP contribution < -0.4 is 15.0 Å². The highest BCUT2D eigenvalue weighted by Gasteiger charge is 2.23. The van der Waals surface area contributed by atoms with Crippen LogP contribution in [0.5, 0.6) is 5.75 Å². The topological polar surface area (TPSA) is 41.6 Å². The molecule has 0 saturated heterocycles. The molecule has 4 nitrogen and oxygen atoms in total. The van der Waals surface area contributed by atoms with E-state index in [9.17, 15) is 4.79 Å². The predicted molar refractivity (Wildman–Crippen MR) is 101 cm³/mol. The molecule has 0 aromatic heterocycles. The second-order valence-electron chi connectivity index (χ2n) is 6.43. The zero-order chi connectivity index (χ0) is 17.4. The summed E-state index contributed by atoms with van der Waals surface area (Å²) in [7, 11) is 2.08. The van der Waals surface area contributed by atoms with Gasteiger partial charge in [-0.05, 0) is 36.1 Å². The van der Waals surface area contributed by atoms with Crippen LogP contribution in [0.15, 0.2) is 60.7 Å². The molecule has 0 aliphatic carbocycles. The molecule has 0 fully saturated rings. The minimum absolute atomic E-state index is 0.105. The van der Waals surface area contributed by atoms with Gasteiger partial charge in [0.25, 0.3) is 5.91 Å². The zero-order valence-corrected chi connectivity index (χ0v) is 14.3. The lowest BCUT2D eigenvalue weighted by Gasteiger charge is -2.25. The molecule has 1 aliphatic rings. The number of ether oxygens (including phenoxy) is 1. The third-order valence-corrected chi connectivity index (χ3v) is 4.57. The Labute approximate surface area is 147 Å². The van der Waals surface area contributed by atoms with Crippen molar-refractivity contribution in [3.63, 3.8) is 0 Å². The fourth-order valence-corrected chi connectivity index (χ4v) is 3.25. The molecule has 1 atom stereocenters. The van der Waals surface area contributed by atoms with Gasteiger partial charge in [0.05, 0.1) is 5.69 Å². The number of hydrogen-bond donors (Lipinski definition) is 1. The van der Waals surface area contributed by atoms with Crippen LogP contribution in [0.2, 0.25) is 0 Å². The average molecular weight is 332 g/mol. The van der Waals surface area contributed by atoms with Crippen molar-refractivity contribution in [3.8, 4) is 5.75 Å². The van der Waals surface area contributed by atoms with Crippen LogP contribution in [0.4, 0.5) is 11.4 Å². The number of carbonyl (C=O) groups is 1. The molecule has 0 saturated carbocycles. The Kier molecular flexibility index (Phi) is 3.80. The molecule has 0 bridgehead atoms. The molecule has 0 spiro atoms. The first-order chi connectivity index (χ1) is 12.1. The lowest BCUT2D eigenvalue weighted by Crippen LogP contribution is -2.34. The normalized spacial score (nSPS) is 16.1. The number of carbonyl (C=O) groups excluding carboxylic acids is 1. The van der Waals surface area contributed by atoms with E-state index in [1.807, 2.05) is 18.2 Å². The lowest BCUT2D eigenvalue weighted by molar-refractivity contribution is -0.122. The quantitative estimate of drug-likeness (QED) is 0.782. The van der Waals surface area contributed by atoms with Gasteiger partial charge in [0.15, 0.2) is 6.10 Å². The Morgan fingerprint density at radius 1 is 1.08 bits per heavy atom. The molecule has 0 radical (unpaired) electrons. The van der Waals surface area contributed by atoms with Gasteiger partial charge < -0.3 is 15.0 Å². The summed E-state index contributed by atoms with van der Waals surface area (Å²) in [5.41, 5.74) is 3.05. The number of hydrogen-bond acceptors (Lipinski definition) is 3. The molecular weight excluding hydrogens is 312 g/mol. The smallest absolute Gasteiger partial charge is 0.265 e. The van der Waals surface area contributed by atoms with Crippen LogP contribution in [0.3, 0.4) is 0 Å². The Bertz CT molecular complexity index is 946. The van der Waals surface area contributed by atoms with E-state index in [4.69, 9.17) is 4.74 Å². The van der Waals surface area contributed by atoms with Gasteiger partial charge in [-0.2, -0.15) is 0 Å². The number of nitrogens with zero attached hydrogens (tertiary/aromatic N) is 1. The van der Waals surface area contributed by atoms with E-state index >= 15 is 0 Å². The Morgan fingerprint density at radius 3 is 2.76 bits per heavy atom. The maximum absolute atomic E-state index is 11.8. The molecule has 126 valence electrons. The minimum atomic E-state index is -0.447. The van der Waals surface area contributed by atoms with Gasteiger partial charge >= 0.3 is 0 Å². The van der Waals surface area contributed by atoms with E-state index in [0.29, 0.717) is 0 Å². The van der Waals surface area contributed by atoms with E-state index in [2.05, 4.69) is 59.7 Å². The molecule has 1 heterocycles. The van der Waals surface area contributed by atoms with E-state index in [1.165, 1.54) is 16.5 Å². The summed E-state index contributed by atoms with van der Waals surface area (Å²) in [4.78, 5) is 14.0. The van der Waals surface area contributed by atoms with Crippen molar-refractivity contribution >= 4 is 28.1 Å². The van der Waals surface area contributed by atoms with Gasteiger partial charge in [-0.25, -0.2) is 0 Å². The largest absolute Gasteiger partial charge is 0.479 e. The molecule has 3 aromatic carbocycles. The SMILES string of the molecule is CC1Oc2ccc(CN(C)c3cccc4ccccc34)cc2NC1=O. The molecule has 1 N–H and O–H groups in total. The van der Waals surface area contributed by atoms with Gasteiger partial charge in [-0.15, -0.1) is 0 Å². The first-order valence-electron chi connectivity index (χ1n) is 8.41. The predicted octanol–water partition coefficient (Wildman–Crippen LogP) is 4.20. The number of fused-ring (bicyclic) bond motifs is 2. The van der Waals surface area contributed by atoms with E-state index in [0.717, 1.165) is 23.5 Å². The van der Waals surface area contributed by atoms with Gasteiger partial charge in [-0.3, -0.25) is 4.79 Å². The van der Waals surface area contributed by atoms with Crippen LogP contribution in [-0.2, 0) is 11.3 Å². The summed E-state index contributed by atoms with van der Waals surface area (Å²) in [6.45, 7) is 2.49. The van der Waals surface area contributed by atoms with Crippen molar-refractivity contribution in [3.05, 3.63) is 66.2 Å². The fraction of sp³-hybridized carbons (Fsp3) is 0.190. The zero-order valence-electron chi connectivity index (χ0n) is 14.3. The second kappa shape index (κ2) is 6.13. The number of rotatable bonds is 3. The van der Waals surface area contributed by atoms with Crippen LogP contribution in [-0.4, -0.2) is 19.1 Å². The standard InChI is InChI=1S/C21H20N2O2/c1-14-21(24)22-18-12-15(10-11-20(18)25-14)13-23(2)19-9-5-7-16-6-3-4-8-17(16)19/h3-12,14H,13H2,1-2H3,(H,22,24). The molecular formula is C21H20N2O2. The highest BCUT2D eigenvalue weighted by Crippen LogP contribution is 2.32. The number of anilines is 2. The summed E-state index contributed by atoms with van der Waals surface area (Å²) in [6.07, 6.45) is -0.447. The maximum Gasteiger partial charge on any atom is 0.265 e. The number of amides is 1. The summed E-state index contributed by atoms with van der Waals surface area (Å²) >= 11 is 0. The molecule has 1 unspecified atom stereocenters. The second-order valence-corrected chi connectivity index (χ2v) is 6.43. The highest BCUT2D eigenvalue weighted by molar-refractivity contribution is 5.97. The molecule has 4 rings (SSSR count). The Balaban J connectivity index is 1.62. The van der Waals surface area contributed by atoms with Crippen LogP contribution in [0.25, 0.3) is 10.8 Å². The van der Waals surface area contributed by atoms with Crippen LogP contribution in [0.1, 0.15) is 12.5 Å². The first kappa shape index (κ1) is 15.5. The molecule has 4 heteroatoms. The van der Waals surface area contributed by atoms with Gasteiger partial charge in [0.2, 0.25) is 0 Å². The van der Waals surface area contributed by atoms with E-state index in [1.54, 1.807) is 6.92 Å². The average Bonchev–Trinajstić information content (AvgIpc) is 2.62. The third kappa shape index (κ3) is 2.91. The van der Waals surface area contributed by atoms with Gasteiger partial charge in [0, 0.05) is 24.7 Å². The van der Waals surface area contributed by atoms with Crippen molar-refractivity contribution in [1.29, 1.82) is 0 Å². The minimum Gasteiger partial charge on any atom is -0.479 e. The molecule has 1 amide bonds. The summed E-state index contributed by atoms with van der Waals surface area (Å²) in [5.74, 6) is 0.621. The van der Waals surface area contributed by atoms with Crippen LogP contribution in [0, 0.1) is 0 Å². The maximum atomic E-state index is 11.8. The van der Waals surface area contributed by atoms with E-state index < -0.39 is 6.10 Å². The molecule has 25 heavy (non-hydrogen) atoms.